The molecule has 0 saturated heterocycles. The molecule has 0 bridgehead atoms. The minimum Gasteiger partial charge on any atom is -0.506 e. The Hall–Kier alpha value is 0.350. The van der Waals surface area contributed by atoms with Gasteiger partial charge in [-0.25, -0.2) is 0 Å². The molecule has 1 heterocycles. The third-order valence-corrected chi connectivity index (χ3v) is 2.38. The van der Waals surface area contributed by atoms with Crippen molar-refractivity contribution in [3.05, 3.63) is 23.0 Å². The summed E-state index contributed by atoms with van der Waals surface area (Å²) < 4.78 is 0. The number of hydrogen-bond acceptors (Lipinski definition) is 3. The second kappa shape index (κ2) is 7.62. The molecular weight excluding hydrogens is 380 g/mol. The summed E-state index contributed by atoms with van der Waals surface area (Å²) in [5.41, 5.74) is 7.83. The van der Waals surface area contributed by atoms with Gasteiger partial charge in [0.25, 0.3) is 0 Å². The Morgan fingerprint density at radius 2 is 2.07 bits per heavy atom. The SMILES string of the molecule is Br.Br.Cc1ncc(CBr)c(CN)c1O. The minimum absolute atomic E-state index is 0. The lowest BCUT2D eigenvalue weighted by molar-refractivity contribution is 0.459. The molecule has 1 aromatic heterocycles. The molecule has 1 aromatic rings. The molecule has 0 aliphatic carbocycles. The first-order chi connectivity index (χ1) is 5.70. The third kappa shape index (κ3) is 3.49. The molecule has 82 valence electrons. The summed E-state index contributed by atoms with van der Waals surface area (Å²) in [6.07, 6.45) is 1.73. The van der Waals surface area contributed by atoms with Gasteiger partial charge in [-0.15, -0.1) is 34.0 Å². The highest BCUT2D eigenvalue weighted by atomic mass is 79.9. The van der Waals surface area contributed by atoms with E-state index >= 15 is 0 Å². The van der Waals surface area contributed by atoms with Crippen molar-refractivity contribution in [2.45, 2.75) is 18.8 Å². The first-order valence-corrected chi connectivity index (χ1v) is 4.75. The first kappa shape index (κ1) is 16.8. The van der Waals surface area contributed by atoms with Crippen LogP contribution in [-0.4, -0.2) is 10.1 Å². The lowest BCUT2D eigenvalue weighted by atomic mass is 10.1. The standard InChI is InChI=1S/C8H11BrN2O.2BrH/c1-5-8(12)7(3-10)6(2-9)4-11-5;;/h4,12H,2-3,10H2,1H3;2*1H. The molecule has 0 unspecified atom stereocenters. The summed E-state index contributed by atoms with van der Waals surface area (Å²) in [4.78, 5) is 4.02. The van der Waals surface area contributed by atoms with Crippen molar-refractivity contribution >= 4 is 49.9 Å². The van der Waals surface area contributed by atoms with Gasteiger partial charge in [0.15, 0.2) is 0 Å². The average molecular weight is 393 g/mol. The van der Waals surface area contributed by atoms with E-state index in [-0.39, 0.29) is 39.7 Å². The number of aromatic nitrogens is 1. The van der Waals surface area contributed by atoms with Crippen LogP contribution in [0.15, 0.2) is 6.20 Å². The van der Waals surface area contributed by atoms with E-state index in [4.69, 9.17) is 5.73 Å². The van der Waals surface area contributed by atoms with E-state index in [0.29, 0.717) is 17.6 Å². The molecule has 6 heteroatoms. The Kier molecular flexibility index (Phi) is 9.12. The van der Waals surface area contributed by atoms with Crippen LogP contribution in [0.1, 0.15) is 16.8 Å². The van der Waals surface area contributed by atoms with Crippen molar-refractivity contribution in [2.75, 3.05) is 0 Å². The van der Waals surface area contributed by atoms with Crippen molar-refractivity contribution in [2.24, 2.45) is 5.73 Å². The van der Waals surface area contributed by atoms with Gasteiger partial charge in [-0.1, -0.05) is 15.9 Å². The molecular formula is C8H13Br3N2O. The van der Waals surface area contributed by atoms with E-state index in [1.165, 1.54) is 0 Å². The number of hydrogen-bond donors (Lipinski definition) is 2. The lowest BCUT2D eigenvalue weighted by Gasteiger charge is -2.08. The van der Waals surface area contributed by atoms with Crippen LogP contribution < -0.4 is 5.73 Å². The Morgan fingerprint density at radius 3 is 2.50 bits per heavy atom. The molecule has 0 aromatic carbocycles. The van der Waals surface area contributed by atoms with Crippen molar-refractivity contribution in [3.8, 4) is 5.75 Å². The monoisotopic (exact) mass is 390 g/mol. The lowest BCUT2D eigenvalue weighted by Crippen LogP contribution is -2.03. The van der Waals surface area contributed by atoms with Crippen molar-refractivity contribution < 1.29 is 5.11 Å². The molecule has 0 atom stereocenters. The molecule has 3 N–H and O–H groups in total. The van der Waals surface area contributed by atoms with Gasteiger partial charge in [-0.05, 0) is 12.5 Å². The highest BCUT2D eigenvalue weighted by Gasteiger charge is 2.08. The maximum Gasteiger partial charge on any atom is 0.141 e. The number of aromatic hydroxyl groups is 1. The van der Waals surface area contributed by atoms with Crippen LogP contribution in [0.5, 0.6) is 5.75 Å². The van der Waals surface area contributed by atoms with E-state index in [1.807, 2.05) is 0 Å². The van der Waals surface area contributed by atoms with Crippen LogP contribution in [-0.2, 0) is 11.9 Å². The quantitative estimate of drug-likeness (QED) is 0.760. The Bertz CT molecular complexity index is 294. The zero-order chi connectivity index (χ0) is 9.14. The van der Waals surface area contributed by atoms with Gasteiger partial charge in [0, 0.05) is 23.6 Å². The minimum atomic E-state index is 0. The molecule has 0 amide bonds. The fourth-order valence-electron chi connectivity index (χ4n) is 1.03. The Morgan fingerprint density at radius 1 is 1.50 bits per heavy atom. The van der Waals surface area contributed by atoms with E-state index in [0.717, 1.165) is 11.1 Å². The van der Waals surface area contributed by atoms with Crippen LogP contribution in [0.25, 0.3) is 0 Å². The zero-order valence-corrected chi connectivity index (χ0v) is 12.7. The molecule has 1 rings (SSSR count). The van der Waals surface area contributed by atoms with Crippen LogP contribution in [0.4, 0.5) is 0 Å². The third-order valence-electron chi connectivity index (χ3n) is 1.78. The summed E-state index contributed by atoms with van der Waals surface area (Å²) in [6, 6.07) is 0. The van der Waals surface area contributed by atoms with E-state index in [1.54, 1.807) is 13.1 Å². The van der Waals surface area contributed by atoms with Gasteiger partial charge in [0.1, 0.15) is 5.75 Å². The molecule has 3 nitrogen and oxygen atoms in total. The topological polar surface area (TPSA) is 59.1 Å². The zero-order valence-electron chi connectivity index (χ0n) is 7.66. The van der Waals surface area contributed by atoms with Crippen LogP contribution in [0, 0.1) is 6.92 Å². The second-order valence-corrected chi connectivity index (χ2v) is 3.09. The van der Waals surface area contributed by atoms with Gasteiger partial charge in [0.2, 0.25) is 0 Å². The first-order valence-electron chi connectivity index (χ1n) is 3.63. The van der Waals surface area contributed by atoms with E-state index in [9.17, 15) is 5.11 Å². The highest BCUT2D eigenvalue weighted by Crippen LogP contribution is 2.24. The number of rotatable bonds is 2. The van der Waals surface area contributed by atoms with Gasteiger partial charge in [-0.3, -0.25) is 4.98 Å². The maximum absolute atomic E-state index is 9.55. The predicted molar refractivity (Wildman–Crippen MR) is 71.8 cm³/mol. The van der Waals surface area contributed by atoms with Gasteiger partial charge in [-0.2, -0.15) is 0 Å². The van der Waals surface area contributed by atoms with Crippen molar-refractivity contribution in [1.82, 2.24) is 4.98 Å². The van der Waals surface area contributed by atoms with E-state index in [2.05, 4.69) is 20.9 Å². The van der Waals surface area contributed by atoms with Gasteiger partial charge < -0.3 is 10.8 Å². The molecule has 0 saturated carbocycles. The molecule has 0 aliphatic heterocycles. The maximum atomic E-state index is 9.55. The van der Waals surface area contributed by atoms with Gasteiger partial charge in [0.05, 0.1) is 5.69 Å². The summed E-state index contributed by atoms with van der Waals surface area (Å²) in [5.74, 6) is 0.217. The molecule has 0 aliphatic rings. The Balaban J connectivity index is 0. The number of halogens is 3. The number of pyridine rings is 1. The molecule has 0 fully saturated rings. The number of aryl methyl sites for hydroxylation is 1. The fourth-order valence-corrected chi connectivity index (χ4v) is 1.51. The second-order valence-electron chi connectivity index (χ2n) is 2.53. The van der Waals surface area contributed by atoms with Gasteiger partial charge >= 0.3 is 0 Å². The van der Waals surface area contributed by atoms with Crippen molar-refractivity contribution in [3.63, 3.8) is 0 Å². The summed E-state index contributed by atoms with van der Waals surface area (Å²) in [6.45, 7) is 2.10. The van der Waals surface area contributed by atoms with Crippen LogP contribution in [0.2, 0.25) is 0 Å². The average Bonchev–Trinajstić information content (AvgIpc) is 2.09. The molecule has 0 spiro atoms. The number of nitrogens with zero attached hydrogens (tertiary/aromatic N) is 1. The largest absolute Gasteiger partial charge is 0.506 e. The number of alkyl halides is 1. The smallest absolute Gasteiger partial charge is 0.141 e. The molecule has 14 heavy (non-hydrogen) atoms. The highest BCUT2D eigenvalue weighted by molar-refractivity contribution is 9.08. The van der Waals surface area contributed by atoms with E-state index < -0.39 is 0 Å². The van der Waals surface area contributed by atoms with Crippen molar-refractivity contribution in [1.29, 1.82) is 0 Å². The fraction of sp³-hybridized carbons (Fsp3) is 0.375. The van der Waals surface area contributed by atoms with Crippen LogP contribution >= 0.6 is 49.9 Å². The number of nitrogens with two attached hydrogens (primary N) is 1. The molecule has 0 radical (unpaired) electrons. The Labute approximate surface area is 113 Å². The normalized spacial score (nSPS) is 8.79. The summed E-state index contributed by atoms with van der Waals surface area (Å²) in [5, 5.41) is 10.2. The summed E-state index contributed by atoms with van der Waals surface area (Å²) in [7, 11) is 0. The van der Waals surface area contributed by atoms with Crippen LogP contribution in [0.3, 0.4) is 0 Å². The summed E-state index contributed by atoms with van der Waals surface area (Å²) >= 11 is 3.30. The predicted octanol–water partition coefficient (Wildman–Crippen LogP) is 2.61.